The van der Waals surface area contributed by atoms with E-state index in [2.05, 4.69) is 5.32 Å². The molecule has 10 heteroatoms. The maximum Gasteiger partial charge on any atom is 0.408 e. The van der Waals surface area contributed by atoms with Crippen molar-refractivity contribution in [2.45, 2.75) is 33.3 Å². The van der Waals surface area contributed by atoms with Crippen LogP contribution in [0.5, 0.6) is 5.75 Å². The van der Waals surface area contributed by atoms with Crippen LogP contribution >= 0.6 is 0 Å². The van der Waals surface area contributed by atoms with Crippen LogP contribution in [0, 0.1) is 6.92 Å². The first kappa shape index (κ1) is 31.7. The Morgan fingerprint density at radius 3 is 1.98 bits per heavy atom. The molecule has 0 radical (unpaired) electrons. The number of hydrogen-bond donors (Lipinski definition) is 1. The number of para-hydroxylation sites is 4. The predicted octanol–water partition coefficient (Wildman–Crippen LogP) is 4.56. The zero-order chi connectivity index (χ0) is 30.9. The number of hydrogen-bond acceptors (Lipinski definition) is 6. The van der Waals surface area contributed by atoms with Gasteiger partial charge in [0.1, 0.15) is 24.4 Å². The number of aryl methyl sites for hydroxylation is 1. The Hall–Kier alpha value is -4.86. The summed E-state index contributed by atoms with van der Waals surface area (Å²) in [4.78, 5) is 56.2. The Bertz CT molecular complexity index is 1400. The number of nitrogens with zero attached hydrogens (tertiary/aromatic N) is 3. The molecule has 0 fully saturated rings. The van der Waals surface area contributed by atoms with Crippen molar-refractivity contribution in [1.29, 1.82) is 0 Å². The van der Waals surface area contributed by atoms with Gasteiger partial charge in [-0.05, 0) is 63.6 Å². The first-order valence-electron chi connectivity index (χ1n) is 13.5. The second-order valence-corrected chi connectivity index (χ2v) is 10.6. The number of carbonyl (C=O) groups is 4. The van der Waals surface area contributed by atoms with Crippen LogP contribution in [0.15, 0.2) is 78.9 Å². The quantitative estimate of drug-likeness (QED) is 0.381. The zero-order valence-corrected chi connectivity index (χ0v) is 24.9. The van der Waals surface area contributed by atoms with Crippen LogP contribution in [-0.4, -0.2) is 63.2 Å². The Labute approximate surface area is 246 Å². The number of carbonyl (C=O) groups excluding carboxylic acids is 4. The predicted molar refractivity (Wildman–Crippen MR) is 163 cm³/mol. The average molecular weight is 575 g/mol. The van der Waals surface area contributed by atoms with Crippen molar-refractivity contribution < 1.29 is 28.7 Å². The van der Waals surface area contributed by atoms with E-state index >= 15 is 0 Å². The number of rotatable bonds is 10. The molecule has 0 saturated heterocycles. The van der Waals surface area contributed by atoms with Crippen LogP contribution in [0.25, 0.3) is 0 Å². The maximum absolute atomic E-state index is 13.5. The smallest absolute Gasteiger partial charge is 0.408 e. The largest absolute Gasteiger partial charge is 0.482 e. The van der Waals surface area contributed by atoms with Gasteiger partial charge in [-0.3, -0.25) is 19.3 Å². The van der Waals surface area contributed by atoms with E-state index in [-0.39, 0.29) is 36.4 Å². The van der Waals surface area contributed by atoms with Gasteiger partial charge in [-0.25, -0.2) is 4.79 Å². The lowest BCUT2D eigenvalue weighted by atomic mass is 10.2. The second-order valence-electron chi connectivity index (χ2n) is 10.6. The molecule has 4 amide bonds. The summed E-state index contributed by atoms with van der Waals surface area (Å²) in [7, 11) is 3.28. The van der Waals surface area contributed by atoms with Crippen molar-refractivity contribution in [1.82, 2.24) is 5.32 Å². The van der Waals surface area contributed by atoms with E-state index in [0.717, 1.165) is 11.3 Å². The molecule has 3 aromatic rings. The van der Waals surface area contributed by atoms with Crippen LogP contribution in [-0.2, 0) is 19.1 Å². The molecule has 0 heterocycles. The summed E-state index contributed by atoms with van der Waals surface area (Å²) in [5, 5.41) is 2.45. The fourth-order valence-corrected chi connectivity index (χ4v) is 4.01. The maximum atomic E-state index is 13.5. The molecule has 0 spiro atoms. The van der Waals surface area contributed by atoms with Crippen molar-refractivity contribution >= 4 is 40.9 Å². The fourth-order valence-electron chi connectivity index (χ4n) is 4.01. The Morgan fingerprint density at radius 1 is 0.738 bits per heavy atom. The monoisotopic (exact) mass is 574 g/mol. The molecule has 0 atom stereocenters. The van der Waals surface area contributed by atoms with Crippen LogP contribution in [0.1, 0.15) is 26.3 Å². The summed E-state index contributed by atoms with van der Waals surface area (Å²) in [6.07, 6.45) is -0.766. The Balaban J connectivity index is 1.83. The van der Waals surface area contributed by atoms with Gasteiger partial charge in [0.2, 0.25) is 11.8 Å². The minimum atomic E-state index is -0.766. The third-order valence-corrected chi connectivity index (χ3v) is 6.25. The number of ether oxygens (including phenoxy) is 2. The summed E-state index contributed by atoms with van der Waals surface area (Å²) >= 11 is 0. The number of anilines is 3. The van der Waals surface area contributed by atoms with Crippen LogP contribution in [0.4, 0.5) is 21.9 Å². The Kier molecular flexibility index (Phi) is 10.7. The van der Waals surface area contributed by atoms with E-state index in [9.17, 15) is 19.2 Å². The minimum absolute atomic E-state index is 0.227. The summed E-state index contributed by atoms with van der Waals surface area (Å²) in [5.41, 5.74) is 1.85. The van der Waals surface area contributed by atoms with Gasteiger partial charge in [-0.1, -0.05) is 48.5 Å². The second kappa shape index (κ2) is 14.2. The molecular formula is C32H38N4O6. The lowest BCUT2D eigenvalue weighted by molar-refractivity contribution is -0.122. The molecule has 0 aliphatic heterocycles. The number of amides is 4. The first-order chi connectivity index (χ1) is 19.9. The molecule has 1 N–H and O–H groups in total. The highest BCUT2D eigenvalue weighted by atomic mass is 16.6. The molecule has 0 bridgehead atoms. The number of alkyl carbamates (subject to hydrolysis) is 1. The highest BCUT2D eigenvalue weighted by Crippen LogP contribution is 2.29. The van der Waals surface area contributed by atoms with Crippen molar-refractivity contribution in [2.24, 2.45) is 0 Å². The molecule has 3 rings (SSSR count). The third-order valence-electron chi connectivity index (χ3n) is 6.25. The van der Waals surface area contributed by atoms with Crippen LogP contribution in [0.3, 0.4) is 0 Å². The zero-order valence-electron chi connectivity index (χ0n) is 24.9. The molecular weight excluding hydrogens is 536 g/mol. The molecule has 222 valence electrons. The van der Waals surface area contributed by atoms with Crippen molar-refractivity contribution in [3.8, 4) is 5.75 Å². The van der Waals surface area contributed by atoms with Gasteiger partial charge in [0, 0.05) is 25.5 Å². The third kappa shape index (κ3) is 8.82. The standard InChI is InChI=1S/C32H38N4O6/c1-23-14-10-11-17-25(23)35(6)30(39)22-41-27-19-13-12-18-26(27)36(28(37)20-33-31(40)42-32(2,3)4)21-29(38)34(5)24-15-8-7-9-16-24/h7-19H,20-22H2,1-6H3,(H,33,40). The molecule has 0 saturated carbocycles. The molecule has 0 aliphatic rings. The van der Waals surface area contributed by atoms with Crippen LogP contribution < -0.4 is 24.8 Å². The topological polar surface area (TPSA) is 108 Å². The highest BCUT2D eigenvalue weighted by molar-refractivity contribution is 6.05. The van der Waals surface area contributed by atoms with E-state index in [1.54, 1.807) is 83.4 Å². The fraction of sp³-hybridized carbons (Fsp3) is 0.312. The van der Waals surface area contributed by atoms with Crippen molar-refractivity contribution in [2.75, 3.05) is 48.5 Å². The van der Waals surface area contributed by atoms with Gasteiger partial charge in [-0.2, -0.15) is 0 Å². The normalized spacial score (nSPS) is 10.8. The minimum Gasteiger partial charge on any atom is -0.482 e. The number of benzene rings is 3. The van der Waals surface area contributed by atoms with Gasteiger partial charge in [0.15, 0.2) is 6.61 Å². The average Bonchev–Trinajstić information content (AvgIpc) is 2.96. The van der Waals surface area contributed by atoms with E-state index in [0.29, 0.717) is 5.69 Å². The molecule has 10 nitrogen and oxygen atoms in total. The molecule has 3 aromatic carbocycles. The van der Waals surface area contributed by atoms with E-state index in [1.165, 1.54) is 14.7 Å². The SMILES string of the molecule is Cc1ccccc1N(C)C(=O)COc1ccccc1N(CC(=O)N(C)c1ccccc1)C(=O)CNC(=O)OC(C)(C)C. The van der Waals surface area contributed by atoms with Gasteiger partial charge < -0.3 is 24.6 Å². The first-order valence-corrected chi connectivity index (χ1v) is 13.5. The van der Waals surface area contributed by atoms with Crippen molar-refractivity contribution in [3.05, 3.63) is 84.4 Å². The van der Waals surface area contributed by atoms with E-state index < -0.39 is 24.1 Å². The van der Waals surface area contributed by atoms with Crippen LogP contribution in [0.2, 0.25) is 0 Å². The van der Waals surface area contributed by atoms with Gasteiger partial charge in [0.25, 0.3) is 5.91 Å². The summed E-state index contributed by atoms with van der Waals surface area (Å²) < 4.78 is 11.2. The molecule has 0 aromatic heterocycles. The van der Waals surface area contributed by atoms with Crippen molar-refractivity contribution in [3.63, 3.8) is 0 Å². The van der Waals surface area contributed by atoms with E-state index in [1.807, 2.05) is 37.3 Å². The molecule has 0 unspecified atom stereocenters. The summed E-state index contributed by atoms with van der Waals surface area (Å²) in [6.45, 7) is 5.96. The molecule has 0 aliphatic carbocycles. The highest BCUT2D eigenvalue weighted by Gasteiger charge is 2.26. The summed E-state index contributed by atoms with van der Waals surface area (Å²) in [6, 6.07) is 23.1. The molecule has 42 heavy (non-hydrogen) atoms. The number of likely N-dealkylation sites (N-methyl/N-ethyl adjacent to an activating group) is 2. The van der Waals surface area contributed by atoms with Gasteiger partial charge >= 0.3 is 6.09 Å². The lowest BCUT2D eigenvalue weighted by Gasteiger charge is -2.27. The van der Waals surface area contributed by atoms with E-state index in [4.69, 9.17) is 9.47 Å². The van der Waals surface area contributed by atoms with Gasteiger partial charge in [0.05, 0.1) is 5.69 Å². The van der Waals surface area contributed by atoms with Gasteiger partial charge in [-0.15, -0.1) is 0 Å². The summed E-state index contributed by atoms with van der Waals surface area (Å²) in [5.74, 6) is -1.03. The Morgan fingerprint density at radius 2 is 1.33 bits per heavy atom. The lowest BCUT2D eigenvalue weighted by Crippen LogP contribution is -2.46. The number of nitrogens with one attached hydrogen (secondary N) is 1.